The zero-order valence-corrected chi connectivity index (χ0v) is 9.15. The molecule has 4 heteroatoms. The smallest absolute Gasteiger partial charge is 0.308 e. The Morgan fingerprint density at radius 2 is 1.81 bits per heavy atom. The second-order valence-electron chi connectivity index (χ2n) is 3.09. The van der Waals surface area contributed by atoms with Crippen molar-refractivity contribution in [2.75, 3.05) is 0 Å². The van der Waals surface area contributed by atoms with E-state index in [1.807, 2.05) is 0 Å². The highest BCUT2D eigenvalue weighted by Gasteiger charge is 2.06. The zero-order valence-electron chi connectivity index (χ0n) is 9.15. The summed E-state index contributed by atoms with van der Waals surface area (Å²) in [5.74, 6) is -0.0460. The highest BCUT2D eigenvalue weighted by atomic mass is 16.5. The number of carbonyl (C=O) groups is 2. The Morgan fingerprint density at radius 1 is 1.19 bits per heavy atom. The number of hydrogen-bond acceptors (Lipinski definition) is 4. The summed E-state index contributed by atoms with van der Waals surface area (Å²) in [5.41, 5.74) is 0.592. The van der Waals surface area contributed by atoms with Crippen LogP contribution in [-0.4, -0.2) is 11.9 Å². The quantitative estimate of drug-likeness (QED) is 0.578. The number of benzene rings is 1. The predicted molar refractivity (Wildman–Crippen MR) is 59.2 cm³/mol. The number of esters is 2. The lowest BCUT2D eigenvalue weighted by atomic mass is 10.2. The number of ether oxygens (including phenoxy) is 2. The van der Waals surface area contributed by atoms with Gasteiger partial charge in [-0.3, -0.25) is 9.59 Å². The summed E-state index contributed by atoms with van der Waals surface area (Å²) in [4.78, 5) is 21.5. The maximum atomic E-state index is 10.8. The molecule has 4 nitrogen and oxygen atoms in total. The molecule has 0 atom stereocenters. The van der Waals surface area contributed by atoms with Crippen molar-refractivity contribution in [3.8, 4) is 11.5 Å². The van der Waals surface area contributed by atoms with Crippen molar-refractivity contribution in [3.05, 3.63) is 30.3 Å². The van der Waals surface area contributed by atoms with Crippen LogP contribution in [0.5, 0.6) is 11.5 Å². The summed E-state index contributed by atoms with van der Waals surface area (Å²) in [7, 11) is 0. The molecular formula is C12H12O4. The van der Waals surface area contributed by atoms with Crippen LogP contribution in [0.25, 0.3) is 6.08 Å². The van der Waals surface area contributed by atoms with Crippen LogP contribution in [0.1, 0.15) is 19.4 Å². The van der Waals surface area contributed by atoms with Crippen molar-refractivity contribution in [3.63, 3.8) is 0 Å². The van der Waals surface area contributed by atoms with Gasteiger partial charge in [0.15, 0.2) is 0 Å². The lowest BCUT2D eigenvalue weighted by Gasteiger charge is -2.07. The molecule has 0 amide bonds. The van der Waals surface area contributed by atoms with Gasteiger partial charge in [-0.15, -0.1) is 0 Å². The molecule has 16 heavy (non-hydrogen) atoms. The maximum Gasteiger partial charge on any atom is 0.308 e. The van der Waals surface area contributed by atoms with Gasteiger partial charge in [-0.25, -0.2) is 0 Å². The second kappa shape index (κ2) is 5.11. The Labute approximate surface area is 93.5 Å². The fourth-order valence-corrected chi connectivity index (χ4v) is 1.16. The molecule has 0 bridgehead atoms. The zero-order chi connectivity index (χ0) is 12.1. The molecule has 0 unspecified atom stereocenters. The Hall–Kier alpha value is -2.10. The summed E-state index contributed by atoms with van der Waals surface area (Å²) >= 11 is 0. The van der Waals surface area contributed by atoms with E-state index in [0.29, 0.717) is 17.1 Å². The largest absolute Gasteiger partial charge is 0.427 e. The second-order valence-corrected chi connectivity index (χ2v) is 3.09. The van der Waals surface area contributed by atoms with Crippen molar-refractivity contribution in [1.82, 2.24) is 0 Å². The van der Waals surface area contributed by atoms with Gasteiger partial charge < -0.3 is 9.47 Å². The number of hydrogen-bond donors (Lipinski definition) is 0. The first-order valence-corrected chi connectivity index (χ1v) is 4.66. The van der Waals surface area contributed by atoms with Crippen LogP contribution in [0.3, 0.4) is 0 Å². The SMILES string of the molecule is C=Cc1cc(OC(C)=O)ccc1OC(C)=O. The molecule has 0 aliphatic carbocycles. The lowest BCUT2D eigenvalue weighted by Crippen LogP contribution is -2.04. The Balaban J connectivity index is 3.01. The van der Waals surface area contributed by atoms with E-state index in [-0.39, 0.29) is 0 Å². The molecule has 1 aromatic rings. The highest BCUT2D eigenvalue weighted by molar-refractivity contribution is 5.73. The van der Waals surface area contributed by atoms with E-state index < -0.39 is 11.9 Å². The van der Waals surface area contributed by atoms with E-state index in [1.165, 1.54) is 19.9 Å². The van der Waals surface area contributed by atoms with Crippen molar-refractivity contribution in [1.29, 1.82) is 0 Å². The van der Waals surface area contributed by atoms with Gasteiger partial charge in [-0.05, 0) is 18.2 Å². The third kappa shape index (κ3) is 3.24. The Bertz CT molecular complexity index is 435. The molecular weight excluding hydrogens is 208 g/mol. The fraction of sp³-hybridized carbons (Fsp3) is 0.167. The number of carbonyl (C=O) groups excluding carboxylic acids is 2. The van der Waals surface area contributed by atoms with Crippen molar-refractivity contribution in [2.24, 2.45) is 0 Å². The maximum absolute atomic E-state index is 10.8. The Morgan fingerprint density at radius 3 is 2.31 bits per heavy atom. The molecule has 0 spiro atoms. The summed E-state index contributed by atoms with van der Waals surface area (Å²) in [6.45, 7) is 6.21. The van der Waals surface area contributed by atoms with Gasteiger partial charge in [0.1, 0.15) is 11.5 Å². The normalized spacial score (nSPS) is 9.38. The average Bonchev–Trinajstić information content (AvgIpc) is 2.18. The van der Waals surface area contributed by atoms with Gasteiger partial charge in [0, 0.05) is 19.4 Å². The van der Waals surface area contributed by atoms with Gasteiger partial charge in [0.05, 0.1) is 0 Å². The van der Waals surface area contributed by atoms with Crippen molar-refractivity contribution >= 4 is 18.0 Å². The van der Waals surface area contributed by atoms with Gasteiger partial charge in [-0.2, -0.15) is 0 Å². The average molecular weight is 220 g/mol. The topological polar surface area (TPSA) is 52.6 Å². The summed E-state index contributed by atoms with van der Waals surface area (Å²) in [5, 5.41) is 0. The molecule has 0 saturated carbocycles. The summed E-state index contributed by atoms with van der Waals surface area (Å²) in [6.07, 6.45) is 1.52. The van der Waals surface area contributed by atoms with Gasteiger partial charge in [0.2, 0.25) is 0 Å². The van der Waals surface area contributed by atoms with Crippen LogP contribution in [0.4, 0.5) is 0 Å². The minimum Gasteiger partial charge on any atom is -0.427 e. The first-order chi connectivity index (χ1) is 7.52. The molecule has 1 aromatic carbocycles. The first kappa shape index (κ1) is 12.0. The minimum absolute atomic E-state index is 0.387. The highest BCUT2D eigenvalue weighted by Crippen LogP contribution is 2.25. The molecule has 0 saturated heterocycles. The van der Waals surface area contributed by atoms with Gasteiger partial charge >= 0.3 is 11.9 Å². The van der Waals surface area contributed by atoms with Crippen molar-refractivity contribution in [2.45, 2.75) is 13.8 Å². The predicted octanol–water partition coefficient (Wildman–Crippen LogP) is 2.18. The summed E-state index contributed by atoms with van der Waals surface area (Å²) < 4.78 is 9.84. The molecule has 0 aromatic heterocycles. The van der Waals surface area contributed by atoms with E-state index in [9.17, 15) is 9.59 Å². The van der Waals surface area contributed by atoms with Crippen LogP contribution in [0.15, 0.2) is 24.8 Å². The monoisotopic (exact) mass is 220 g/mol. The minimum atomic E-state index is -0.414. The third-order valence-corrected chi connectivity index (χ3v) is 1.72. The lowest BCUT2D eigenvalue weighted by molar-refractivity contribution is -0.133. The molecule has 0 aliphatic rings. The van der Waals surface area contributed by atoms with Crippen molar-refractivity contribution < 1.29 is 19.1 Å². The first-order valence-electron chi connectivity index (χ1n) is 4.66. The molecule has 0 fully saturated rings. The van der Waals surface area contributed by atoms with Crippen LogP contribution in [0, 0.1) is 0 Å². The molecule has 0 aliphatic heterocycles. The standard InChI is InChI=1S/C12H12O4/c1-4-10-7-11(15-8(2)13)5-6-12(10)16-9(3)14/h4-7H,1H2,2-3H3. The molecule has 0 radical (unpaired) electrons. The number of rotatable bonds is 3. The van der Waals surface area contributed by atoms with E-state index >= 15 is 0 Å². The summed E-state index contributed by atoms with van der Waals surface area (Å²) in [6, 6.07) is 4.68. The van der Waals surface area contributed by atoms with E-state index in [0.717, 1.165) is 0 Å². The van der Waals surface area contributed by atoms with Crippen LogP contribution in [0.2, 0.25) is 0 Å². The molecule has 0 heterocycles. The van der Waals surface area contributed by atoms with Crippen LogP contribution in [-0.2, 0) is 9.59 Å². The Kier molecular flexibility index (Phi) is 3.83. The van der Waals surface area contributed by atoms with E-state index in [2.05, 4.69) is 6.58 Å². The molecule has 84 valence electrons. The van der Waals surface area contributed by atoms with E-state index in [4.69, 9.17) is 9.47 Å². The molecule has 0 N–H and O–H groups in total. The van der Waals surface area contributed by atoms with Crippen LogP contribution >= 0.6 is 0 Å². The van der Waals surface area contributed by atoms with Gasteiger partial charge in [-0.1, -0.05) is 12.7 Å². The van der Waals surface area contributed by atoms with Crippen LogP contribution < -0.4 is 9.47 Å². The van der Waals surface area contributed by atoms with Gasteiger partial charge in [0.25, 0.3) is 0 Å². The van der Waals surface area contributed by atoms with E-state index in [1.54, 1.807) is 18.2 Å². The molecule has 1 rings (SSSR count). The third-order valence-electron chi connectivity index (χ3n) is 1.72. The fourth-order valence-electron chi connectivity index (χ4n) is 1.16.